The van der Waals surface area contributed by atoms with Gasteiger partial charge in [0.15, 0.2) is 0 Å². The molecule has 1 aromatic heterocycles. The third kappa shape index (κ3) is 4.83. The maximum Gasteiger partial charge on any atom is 0.262 e. The molecule has 166 valence electrons. The first kappa shape index (κ1) is 21.6. The van der Waals surface area contributed by atoms with Crippen LogP contribution in [-0.4, -0.2) is 39.5 Å². The Hall–Kier alpha value is -3.59. The molecule has 1 saturated heterocycles. The number of hydrogen-bond acceptors (Lipinski definition) is 6. The van der Waals surface area contributed by atoms with E-state index >= 15 is 0 Å². The van der Waals surface area contributed by atoms with E-state index in [1.807, 2.05) is 12.1 Å². The number of carbonyl (C=O) groups is 1. The zero-order chi connectivity index (χ0) is 22.6. The lowest BCUT2D eigenvalue weighted by atomic mass is 10.2. The molecule has 0 bridgehead atoms. The summed E-state index contributed by atoms with van der Waals surface area (Å²) in [7, 11) is -2.37. The van der Waals surface area contributed by atoms with Gasteiger partial charge in [0.25, 0.3) is 15.9 Å². The molecule has 4 rings (SSSR count). The Kier molecular flexibility index (Phi) is 6.27. The summed E-state index contributed by atoms with van der Waals surface area (Å²) in [6.07, 6.45) is 3.96. The van der Waals surface area contributed by atoms with E-state index in [0.29, 0.717) is 22.7 Å². The molecule has 2 heterocycles. The highest BCUT2D eigenvalue weighted by molar-refractivity contribution is 7.92. The van der Waals surface area contributed by atoms with Gasteiger partial charge in [0.05, 0.1) is 29.6 Å². The van der Waals surface area contributed by atoms with Crippen LogP contribution >= 0.6 is 0 Å². The maximum atomic E-state index is 12.7. The molecule has 9 heteroatoms. The lowest BCUT2D eigenvalue weighted by Gasteiger charge is -2.16. The molecular formula is C23H24N4O4S. The van der Waals surface area contributed by atoms with E-state index in [0.717, 1.165) is 18.9 Å². The average molecular weight is 453 g/mol. The second kappa shape index (κ2) is 9.27. The minimum atomic E-state index is -3.84. The van der Waals surface area contributed by atoms with Gasteiger partial charge >= 0.3 is 0 Å². The van der Waals surface area contributed by atoms with E-state index in [1.165, 1.54) is 44.2 Å². The molecule has 2 aromatic carbocycles. The van der Waals surface area contributed by atoms with Crippen molar-refractivity contribution in [1.29, 1.82) is 0 Å². The number of para-hydroxylation sites is 2. The zero-order valence-electron chi connectivity index (χ0n) is 17.6. The van der Waals surface area contributed by atoms with Gasteiger partial charge in [-0.15, -0.1) is 0 Å². The number of carbonyl (C=O) groups excluding carboxylic acids is 1. The summed E-state index contributed by atoms with van der Waals surface area (Å²) in [5, 5.41) is 2.79. The number of aromatic nitrogens is 1. The van der Waals surface area contributed by atoms with Crippen LogP contribution in [0.4, 0.5) is 17.2 Å². The number of benzene rings is 2. The van der Waals surface area contributed by atoms with Crippen molar-refractivity contribution in [1.82, 2.24) is 4.98 Å². The minimum absolute atomic E-state index is 0.0385. The van der Waals surface area contributed by atoms with E-state index in [4.69, 9.17) is 4.74 Å². The lowest BCUT2D eigenvalue weighted by Crippen LogP contribution is -2.19. The largest absolute Gasteiger partial charge is 0.495 e. The summed E-state index contributed by atoms with van der Waals surface area (Å²) < 4.78 is 33.1. The van der Waals surface area contributed by atoms with Crippen molar-refractivity contribution < 1.29 is 17.9 Å². The molecule has 0 radical (unpaired) electrons. The number of nitrogens with zero attached hydrogens (tertiary/aromatic N) is 2. The minimum Gasteiger partial charge on any atom is -0.495 e. The Morgan fingerprint density at radius 2 is 1.72 bits per heavy atom. The van der Waals surface area contributed by atoms with E-state index in [-0.39, 0.29) is 10.8 Å². The number of methoxy groups -OCH3 is 1. The maximum absolute atomic E-state index is 12.7. The molecular weight excluding hydrogens is 428 g/mol. The highest BCUT2D eigenvalue weighted by Crippen LogP contribution is 2.26. The number of amides is 1. The fraction of sp³-hybridized carbons (Fsp3) is 0.217. The van der Waals surface area contributed by atoms with Gasteiger partial charge in [-0.2, -0.15) is 0 Å². The Morgan fingerprint density at radius 3 is 2.38 bits per heavy atom. The Balaban J connectivity index is 1.43. The van der Waals surface area contributed by atoms with Gasteiger partial charge in [-0.05, 0) is 61.4 Å². The van der Waals surface area contributed by atoms with Crippen LogP contribution in [-0.2, 0) is 10.0 Å². The number of pyridine rings is 1. The van der Waals surface area contributed by atoms with Crippen LogP contribution < -0.4 is 19.7 Å². The molecule has 1 amide bonds. The normalized spacial score (nSPS) is 13.6. The predicted molar refractivity (Wildman–Crippen MR) is 124 cm³/mol. The fourth-order valence-electron chi connectivity index (χ4n) is 3.51. The van der Waals surface area contributed by atoms with Gasteiger partial charge in [-0.3, -0.25) is 9.52 Å². The number of rotatable bonds is 7. The Morgan fingerprint density at radius 1 is 1.00 bits per heavy atom. The van der Waals surface area contributed by atoms with Gasteiger partial charge in [0, 0.05) is 18.7 Å². The number of ether oxygens (including phenoxy) is 1. The highest BCUT2D eigenvalue weighted by atomic mass is 32.2. The van der Waals surface area contributed by atoms with Gasteiger partial charge in [-0.25, -0.2) is 13.4 Å². The standard InChI is InChI=1S/C23H24N4O4S/c1-31-21-7-3-2-6-20(21)26-32(29,30)19-11-8-17(9-12-19)23(28)25-18-10-13-22(24-16-18)27-14-4-5-15-27/h2-3,6-13,16,26H,4-5,14-15H2,1H3,(H,25,28). The monoisotopic (exact) mass is 452 g/mol. The van der Waals surface area contributed by atoms with Crippen molar-refractivity contribution in [2.24, 2.45) is 0 Å². The first-order chi connectivity index (χ1) is 15.5. The van der Waals surface area contributed by atoms with E-state index in [1.54, 1.807) is 30.5 Å². The molecule has 0 unspecified atom stereocenters. The molecule has 0 spiro atoms. The van der Waals surface area contributed by atoms with Crippen molar-refractivity contribution in [3.8, 4) is 5.75 Å². The summed E-state index contributed by atoms with van der Waals surface area (Å²) in [5.41, 5.74) is 1.25. The summed E-state index contributed by atoms with van der Waals surface area (Å²) in [6.45, 7) is 2.00. The molecule has 1 fully saturated rings. The number of sulfonamides is 1. The zero-order valence-corrected chi connectivity index (χ0v) is 18.4. The van der Waals surface area contributed by atoms with Crippen LogP contribution in [0.5, 0.6) is 5.75 Å². The lowest BCUT2D eigenvalue weighted by molar-refractivity contribution is 0.102. The van der Waals surface area contributed by atoms with Crippen LogP contribution in [0, 0.1) is 0 Å². The first-order valence-corrected chi connectivity index (χ1v) is 11.7. The Bertz CT molecular complexity index is 1190. The second-order valence-electron chi connectivity index (χ2n) is 7.38. The molecule has 0 aliphatic carbocycles. The Labute approximate surface area is 187 Å². The van der Waals surface area contributed by atoms with Crippen molar-refractivity contribution in [2.45, 2.75) is 17.7 Å². The molecule has 2 N–H and O–H groups in total. The molecule has 1 aliphatic heterocycles. The summed E-state index contributed by atoms with van der Waals surface area (Å²) in [4.78, 5) is 19.2. The van der Waals surface area contributed by atoms with Gasteiger partial charge in [0.2, 0.25) is 0 Å². The van der Waals surface area contributed by atoms with E-state index in [2.05, 4.69) is 19.9 Å². The quantitative estimate of drug-likeness (QED) is 0.566. The number of anilines is 3. The molecule has 8 nitrogen and oxygen atoms in total. The van der Waals surface area contributed by atoms with Crippen molar-refractivity contribution in [3.05, 3.63) is 72.4 Å². The average Bonchev–Trinajstić information content (AvgIpc) is 3.35. The van der Waals surface area contributed by atoms with Crippen LogP contribution in [0.2, 0.25) is 0 Å². The third-order valence-corrected chi connectivity index (χ3v) is 6.60. The molecule has 32 heavy (non-hydrogen) atoms. The van der Waals surface area contributed by atoms with E-state index in [9.17, 15) is 13.2 Å². The van der Waals surface area contributed by atoms with Crippen molar-refractivity contribution in [2.75, 3.05) is 35.1 Å². The number of nitrogens with one attached hydrogen (secondary N) is 2. The van der Waals surface area contributed by atoms with E-state index < -0.39 is 10.0 Å². The highest BCUT2D eigenvalue weighted by Gasteiger charge is 2.18. The van der Waals surface area contributed by atoms with Gasteiger partial charge in [-0.1, -0.05) is 12.1 Å². The fourth-order valence-corrected chi connectivity index (χ4v) is 4.59. The van der Waals surface area contributed by atoms with Crippen molar-refractivity contribution >= 4 is 33.1 Å². The second-order valence-corrected chi connectivity index (χ2v) is 9.07. The van der Waals surface area contributed by atoms with Crippen molar-refractivity contribution in [3.63, 3.8) is 0 Å². The van der Waals surface area contributed by atoms with Crippen LogP contribution in [0.3, 0.4) is 0 Å². The molecule has 1 aliphatic rings. The molecule has 3 aromatic rings. The first-order valence-electron chi connectivity index (χ1n) is 10.2. The number of hydrogen-bond donors (Lipinski definition) is 2. The SMILES string of the molecule is COc1ccccc1NS(=O)(=O)c1ccc(C(=O)Nc2ccc(N3CCCC3)nc2)cc1. The topological polar surface area (TPSA) is 101 Å². The van der Waals surface area contributed by atoms with Gasteiger partial charge in [0.1, 0.15) is 11.6 Å². The van der Waals surface area contributed by atoms with Crippen LogP contribution in [0.15, 0.2) is 71.8 Å². The summed E-state index contributed by atoms with van der Waals surface area (Å²) >= 11 is 0. The van der Waals surface area contributed by atoms with Crippen LogP contribution in [0.1, 0.15) is 23.2 Å². The third-order valence-electron chi connectivity index (χ3n) is 5.21. The smallest absolute Gasteiger partial charge is 0.262 e. The molecule has 0 saturated carbocycles. The van der Waals surface area contributed by atoms with Crippen LogP contribution in [0.25, 0.3) is 0 Å². The predicted octanol–water partition coefficient (Wildman–Crippen LogP) is 3.74. The summed E-state index contributed by atoms with van der Waals surface area (Å²) in [5.74, 6) is 0.969. The summed E-state index contributed by atoms with van der Waals surface area (Å²) in [6, 6.07) is 16.2. The molecule has 0 atom stereocenters. The van der Waals surface area contributed by atoms with Gasteiger partial charge < -0.3 is 15.0 Å².